The van der Waals surface area contributed by atoms with E-state index in [1.54, 1.807) is 27.5 Å². The molecule has 0 aliphatic carbocycles. The maximum absolute atomic E-state index is 5.35. The number of ether oxygens (including phenoxy) is 3. The van der Waals surface area contributed by atoms with Gasteiger partial charge < -0.3 is 14.2 Å². The van der Waals surface area contributed by atoms with Crippen LogP contribution in [0.25, 0.3) is 11.3 Å². The first-order valence-electron chi connectivity index (χ1n) is 7.60. The number of aromatic nitrogens is 1. The second-order valence-corrected chi connectivity index (χ2v) is 5.93. The monoisotopic (exact) mass is 354 g/mol. The molecule has 0 saturated carbocycles. The van der Waals surface area contributed by atoms with E-state index in [1.165, 1.54) is 11.3 Å². The van der Waals surface area contributed by atoms with Gasteiger partial charge in [0.05, 0.1) is 27.0 Å². The standard InChI is InChI=1S/C19H18N2O3S/c1-22-16-9-13(10-17(23-2)18(16)24-3)11-20-19-21-15(12-25-19)14-7-5-4-6-8-14/h4-12H,1-3H3/b20-11+. The zero-order chi connectivity index (χ0) is 17.6. The maximum atomic E-state index is 5.35. The number of hydrogen-bond donors (Lipinski definition) is 0. The predicted octanol–water partition coefficient (Wildman–Crippen LogP) is 4.59. The summed E-state index contributed by atoms with van der Waals surface area (Å²) in [5, 5.41) is 2.68. The summed E-state index contributed by atoms with van der Waals surface area (Å²) < 4.78 is 16.0. The molecule has 0 bridgehead atoms. The van der Waals surface area contributed by atoms with Crippen LogP contribution < -0.4 is 14.2 Å². The average Bonchev–Trinajstić information content (AvgIpc) is 3.15. The third kappa shape index (κ3) is 3.80. The fourth-order valence-electron chi connectivity index (χ4n) is 2.37. The van der Waals surface area contributed by atoms with Crippen molar-refractivity contribution in [2.75, 3.05) is 21.3 Å². The Hall–Kier alpha value is -2.86. The van der Waals surface area contributed by atoms with Gasteiger partial charge in [-0.3, -0.25) is 0 Å². The van der Waals surface area contributed by atoms with E-state index in [-0.39, 0.29) is 0 Å². The second-order valence-electron chi connectivity index (χ2n) is 5.10. The largest absolute Gasteiger partial charge is 0.493 e. The van der Waals surface area contributed by atoms with Gasteiger partial charge >= 0.3 is 0 Å². The molecule has 0 atom stereocenters. The molecule has 3 aromatic rings. The number of rotatable bonds is 6. The highest BCUT2D eigenvalue weighted by Gasteiger charge is 2.12. The number of nitrogens with zero attached hydrogens (tertiary/aromatic N) is 2. The Morgan fingerprint density at radius 1 is 0.960 bits per heavy atom. The van der Waals surface area contributed by atoms with Gasteiger partial charge in [0, 0.05) is 22.7 Å². The summed E-state index contributed by atoms with van der Waals surface area (Å²) in [6.45, 7) is 0. The zero-order valence-electron chi connectivity index (χ0n) is 14.2. The van der Waals surface area contributed by atoms with Gasteiger partial charge in [0.1, 0.15) is 0 Å². The lowest BCUT2D eigenvalue weighted by atomic mass is 10.2. The van der Waals surface area contributed by atoms with Crippen molar-refractivity contribution >= 4 is 22.7 Å². The molecule has 6 heteroatoms. The number of methoxy groups -OCH3 is 3. The maximum Gasteiger partial charge on any atom is 0.209 e. The minimum atomic E-state index is 0.558. The third-order valence-corrected chi connectivity index (χ3v) is 4.32. The van der Waals surface area contributed by atoms with E-state index in [9.17, 15) is 0 Å². The molecule has 1 aromatic heterocycles. The van der Waals surface area contributed by atoms with Gasteiger partial charge in [-0.25, -0.2) is 9.98 Å². The first-order valence-corrected chi connectivity index (χ1v) is 8.48. The van der Waals surface area contributed by atoms with Crippen molar-refractivity contribution < 1.29 is 14.2 Å². The molecule has 0 aliphatic rings. The van der Waals surface area contributed by atoms with Crippen LogP contribution in [0.15, 0.2) is 52.8 Å². The summed E-state index contributed by atoms with van der Waals surface area (Å²) in [7, 11) is 4.76. The lowest BCUT2D eigenvalue weighted by Gasteiger charge is -2.12. The summed E-state index contributed by atoms with van der Waals surface area (Å²) in [6, 6.07) is 13.7. The third-order valence-electron chi connectivity index (χ3n) is 3.57. The molecular weight excluding hydrogens is 336 g/mol. The van der Waals surface area contributed by atoms with Crippen LogP contribution in [-0.4, -0.2) is 32.5 Å². The van der Waals surface area contributed by atoms with Crippen molar-refractivity contribution in [1.82, 2.24) is 4.98 Å². The molecule has 5 nitrogen and oxygen atoms in total. The molecule has 0 aliphatic heterocycles. The molecule has 0 spiro atoms. The SMILES string of the molecule is COc1cc(/C=N/c2nc(-c3ccccc3)cs2)cc(OC)c1OC. The van der Waals surface area contributed by atoms with E-state index in [0.29, 0.717) is 22.4 Å². The number of hydrogen-bond acceptors (Lipinski definition) is 6. The Balaban J connectivity index is 1.86. The minimum Gasteiger partial charge on any atom is -0.493 e. The van der Waals surface area contributed by atoms with Crippen molar-refractivity contribution in [3.05, 3.63) is 53.4 Å². The van der Waals surface area contributed by atoms with Gasteiger partial charge in [-0.15, -0.1) is 11.3 Å². The lowest BCUT2D eigenvalue weighted by molar-refractivity contribution is 0.324. The van der Waals surface area contributed by atoms with Crippen LogP contribution in [0.4, 0.5) is 5.13 Å². The van der Waals surface area contributed by atoms with Crippen LogP contribution in [0.2, 0.25) is 0 Å². The second kappa shape index (κ2) is 7.81. The average molecular weight is 354 g/mol. The van der Waals surface area contributed by atoms with Gasteiger partial charge in [0.2, 0.25) is 10.9 Å². The first-order chi connectivity index (χ1) is 12.2. The van der Waals surface area contributed by atoms with Crippen molar-refractivity contribution in [3.63, 3.8) is 0 Å². The molecule has 0 fully saturated rings. The summed E-state index contributed by atoms with van der Waals surface area (Å²) in [4.78, 5) is 9.01. The smallest absolute Gasteiger partial charge is 0.209 e. The van der Waals surface area contributed by atoms with Gasteiger partial charge in [-0.2, -0.15) is 0 Å². The van der Waals surface area contributed by atoms with E-state index in [4.69, 9.17) is 14.2 Å². The van der Waals surface area contributed by atoms with E-state index < -0.39 is 0 Å². The Labute approximate surface area is 150 Å². The van der Waals surface area contributed by atoms with Crippen LogP contribution in [0.5, 0.6) is 17.2 Å². The fourth-order valence-corrected chi connectivity index (χ4v) is 3.04. The summed E-state index contributed by atoms with van der Waals surface area (Å²) >= 11 is 1.49. The van der Waals surface area contributed by atoms with Crippen LogP contribution in [0, 0.1) is 0 Å². The Morgan fingerprint density at radius 3 is 2.24 bits per heavy atom. The molecule has 25 heavy (non-hydrogen) atoms. The molecule has 0 amide bonds. The Kier molecular flexibility index (Phi) is 5.30. The van der Waals surface area contributed by atoms with Crippen molar-refractivity contribution in [2.45, 2.75) is 0 Å². The fraction of sp³-hybridized carbons (Fsp3) is 0.158. The lowest BCUT2D eigenvalue weighted by Crippen LogP contribution is -1.96. The topological polar surface area (TPSA) is 52.9 Å². The molecule has 0 N–H and O–H groups in total. The van der Waals surface area contributed by atoms with E-state index >= 15 is 0 Å². The Bertz CT molecular complexity index is 850. The summed E-state index contributed by atoms with van der Waals surface area (Å²) in [6.07, 6.45) is 1.73. The van der Waals surface area contributed by atoms with Crippen molar-refractivity contribution in [2.24, 2.45) is 4.99 Å². The van der Waals surface area contributed by atoms with Gasteiger partial charge in [0.25, 0.3) is 0 Å². The van der Waals surface area contributed by atoms with Crippen molar-refractivity contribution in [1.29, 1.82) is 0 Å². The van der Waals surface area contributed by atoms with Crippen LogP contribution >= 0.6 is 11.3 Å². The summed E-state index contributed by atoms with van der Waals surface area (Å²) in [5.74, 6) is 1.74. The molecule has 0 unspecified atom stereocenters. The molecule has 2 aromatic carbocycles. The zero-order valence-corrected chi connectivity index (χ0v) is 15.0. The first kappa shape index (κ1) is 17.0. The van der Waals surface area contributed by atoms with Crippen LogP contribution in [-0.2, 0) is 0 Å². The van der Waals surface area contributed by atoms with Gasteiger partial charge in [-0.1, -0.05) is 30.3 Å². The molecule has 128 valence electrons. The van der Waals surface area contributed by atoms with Gasteiger partial charge in [0.15, 0.2) is 11.5 Å². The highest BCUT2D eigenvalue weighted by Crippen LogP contribution is 2.38. The van der Waals surface area contributed by atoms with E-state index in [0.717, 1.165) is 16.8 Å². The van der Waals surface area contributed by atoms with Crippen LogP contribution in [0.3, 0.4) is 0 Å². The van der Waals surface area contributed by atoms with E-state index in [2.05, 4.69) is 9.98 Å². The Morgan fingerprint density at radius 2 is 1.64 bits per heavy atom. The molecule has 3 rings (SSSR count). The van der Waals surface area contributed by atoms with Crippen LogP contribution in [0.1, 0.15) is 5.56 Å². The predicted molar refractivity (Wildman–Crippen MR) is 101 cm³/mol. The molecule has 1 heterocycles. The number of aliphatic imine (C=N–C) groups is 1. The quantitative estimate of drug-likeness (QED) is 0.608. The number of thiazole rings is 1. The minimum absolute atomic E-state index is 0.558. The summed E-state index contributed by atoms with van der Waals surface area (Å²) in [5.41, 5.74) is 2.83. The molecular formula is C19H18N2O3S. The molecule has 0 saturated heterocycles. The normalized spacial score (nSPS) is 10.8. The van der Waals surface area contributed by atoms with Gasteiger partial charge in [-0.05, 0) is 12.1 Å². The highest BCUT2D eigenvalue weighted by molar-refractivity contribution is 7.13. The highest BCUT2D eigenvalue weighted by atomic mass is 32.1. The number of benzene rings is 2. The molecule has 0 radical (unpaired) electrons. The van der Waals surface area contributed by atoms with Crippen molar-refractivity contribution in [3.8, 4) is 28.5 Å². The van der Waals surface area contributed by atoms with E-state index in [1.807, 2.05) is 47.8 Å².